The molecule has 2 aromatic rings. The smallest absolute Gasteiger partial charge is 0.324 e. The standard InChI is InChI=1S/C13H11Cl2N3O5S/c14-8-3-4-10(15)11(6-8)24(21,22)18-17-13(20)12(19)16-7-9-2-1-5-23-9/h1-6,18H,7H2,(H,16,19)(H,17,20). The van der Waals surface area contributed by atoms with Gasteiger partial charge in [0.25, 0.3) is 10.0 Å². The summed E-state index contributed by atoms with van der Waals surface area (Å²) < 4.78 is 29.1. The van der Waals surface area contributed by atoms with Gasteiger partial charge in [-0.25, -0.2) is 8.42 Å². The minimum atomic E-state index is -4.20. The van der Waals surface area contributed by atoms with Gasteiger partial charge in [0.15, 0.2) is 0 Å². The molecular formula is C13H11Cl2N3O5S. The Kier molecular flexibility index (Phi) is 5.84. The number of hydrogen-bond acceptors (Lipinski definition) is 5. The van der Waals surface area contributed by atoms with Crippen LogP contribution in [0.25, 0.3) is 0 Å². The molecule has 0 unspecified atom stereocenters. The zero-order valence-electron chi connectivity index (χ0n) is 11.9. The van der Waals surface area contributed by atoms with Crippen molar-refractivity contribution < 1.29 is 22.4 Å². The Morgan fingerprint density at radius 2 is 1.88 bits per heavy atom. The van der Waals surface area contributed by atoms with E-state index >= 15 is 0 Å². The van der Waals surface area contributed by atoms with Crippen molar-refractivity contribution in [3.63, 3.8) is 0 Å². The van der Waals surface area contributed by atoms with Crippen molar-refractivity contribution in [1.82, 2.24) is 15.6 Å². The second kappa shape index (κ2) is 7.67. The van der Waals surface area contributed by atoms with E-state index in [1.54, 1.807) is 22.4 Å². The van der Waals surface area contributed by atoms with Crippen LogP contribution in [0.5, 0.6) is 0 Å². The summed E-state index contributed by atoms with van der Waals surface area (Å²) in [4.78, 5) is 24.6. The van der Waals surface area contributed by atoms with Crippen molar-refractivity contribution in [3.8, 4) is 0 Å². The summed E-state index contributed by atoms with van der Waals surface area (Å²) in [7, 11) is -4.20. The molecule has 2 rings (SSSR count). The Morgan fingerprint density at radius 1 is 1.12 bits per heavy atom. The predicted octanol–water partition coefficient (Wildman–Crippen LogP) is 1.21. The second-order valence-electron chi connectivity index (χ2n) is 4.40. The molecule has 11 heteroatoms. The minimum Gasteiger partial charge on any atom is -0.467 e. The van der Waals surface area contributed by atoms with Crippen LogP contribution >= 0.6 is 23.2 Å². The lowest BCUT2D eigenvalue weighted by Gasteiger charge is -2.10. The van der Waals surface area contributed by atoms with Gasteiger partial charge in [-0.05, 0) is 30.3 Å². The number of carbonyl (C=O) groups is 2. The van der Waals surface area contributed by atoms with Crippen LogP contribution in [0.4, 0.5) is 0 Å². The third-order valence-corrected chi connectivity index (χ3v) is 4.66. The van der Waals surface area contributed by atoms with Gasteiger partial charge in [-0.1, -0.05) is 23.2 Å². The fraction of sp³-hybridized carbons (Fsp3) is 0.0769. The summed E-state index contributed by atoms with van der Waals surface area (Å²) in [6.45, 7) is -0.0217. The Hall–Kier alpha value is -2.07. The molecule has 0 aliphatic carbocycles. The molecule has 1 heterocycles. The highest BCUT2D eigenvalue weighted by Crippen LogP contribution is 2.24. The summed E-state index contributed by atoms with van der Waals surface area (Å²) in [6.07, 6.45) is 1.41. The Labute approximate surface area is 147 Å². The summed E-state index contributed by atoms with van der Waals surface area (Å²) in [5.41, 5.74) is 1.78. The third kappa shape index (κ3) is 4.71. The topological polar surface area (TPSA) is 118 Å². The van der Waals surface area contributed by atoms with Crippen molar-refractivity contribution in [2.24, 2.45) is 0 Å². The summed E-state index contributed by atoms with van der Waals surface area (Å²) in [5.74, 6) is -1.82. The average molecular weight is 392 g/mol. The summed E-state index contributed by atoms with van der Waals surface area (Å²) >= 11 is 11.5. The highest BCUT2D eigenvalue weighted by molar-refractivity contribution is 7.89. The molecular weight excluding hydrogens is 381 g/mol. The first-order chi connectivity index (χ1) is 11.3. The van der Waals surface area contributed by atoms with Crippen LogP contribution in [0.1, 0.15) is 5.76 Å². The number of benzene rings is 1. The number of furan rings is 1. The lowest BCUT2D eigenvalue weighted by Crippen LogP contribution is -2.48. The number of sulfonamides is 1. The molecule has 0 bridgehead atoms. The van der Waals surface area contributed by atoms with Crippen LogP contribution in [0, 0.1) is 0 Å². The molecule has 8 nitrogen and oxygen atoms in total. The van der Waals surface area contributed by atoms with Crippen LogP contribution in [0.3, 0.4) is 0 Å². The van der Waals surface area contributed by atoms with Crippen LogP contribution < -0.4 is 15.6 Å². The van der Waals surface area contributed by atoms with Gasteiger partial charge in [0.1, 0.15) is 10.7 Å². The molecule has 2 amide bonds. The van der Waals surface area contributed by atoms with E-state index in [1.807, 2.05) is 0 Å². The summed E-state index contributed by atoms with van der Waals surface area (Å²) in [6, 6.07) is 7.02. The minimum absolute atomic E-state index is 0.0217. The van der Waals surface area contributed by atoms with Crippen molar-refractivity contribution in [2.75, 3.05) is 0 Å². The van der Waals surface area contributed by atoms with E-state index in [1.165, 1.54) is 18.4 Å². The fourth-order valence-electron chi connectivity index (χ4n) is 1.57. The average Bonchev–Trinajstić information content (AvgIpc) is 3.06. The lowest BCUT2D eigenvalue weighted by atomic mass is 10.4. The van der Waals surface area contributed by atoms with Gasteiger partial charge in [-0.2, -0.15) is 0 Å². The van der Waals surface area contributed by atoms with Gasteiger partial charge < -0.3 is 9.73 Å². The van der Waals surface area contributed by atoms with Crippen molar-refractivity contribution in [2.45, 2.75) is 11.4 Å². The van der Waals surface area contributed by atoms with Gasteiger partial charge >= 0.3 is 11.8 Å². The number of hydrazine groups is 1. The molecule has 0 spiro atoms. The van der Waals surface area contributed by atoms with E-state index < -0.39 is 21.8 Å². The first-order valence-corrected chi connectivity index (χ1v) is 8.61. The molecule has 0 radical (unpaired) electrons. The number of carbonyl (C=O) groups excluding carboxylic acids is 2. The predicted molar refractivity (Wildman–Crippen MR) is 85.5 cm³/mol. The van der Waals surface area contributed by atoms with Crippen molar-refractivity contribution in [3.05, 3.63) is 52.4 Å². The SMILES string of the molecule is O=C(NCc1ccco1)C(=O)NNS(=O)(=O)c1cc(Cl)ccc1Cl. The van der Waals surface area contributed by atoms with Crippen LogP contribution in [-0.2, 0) is 26.2 Å². The number of rotatable bonds is 5. The van der Waals surface area contributed by atoms with Gasteiger partial charge in [-0.15, -0.1) is 4.83 Å². The van der Waals surface area contributed by atoms with E-state index in [-0.39, 0.29) is 21.5 Å². The highest BCUT2D eigenvalue weighted by Gasteiger charge is 2.21. The van der Waals surface area contributed by atoms with Gasteiger partial charge in [-0.3, -0.25) is 15.0 Å². The molecule has 1 aromatic carbocycles. The Balaban J connectivity index is 1.94. The first-order valence-electron chi connectivity index (χ1n) is 6.37. The normalized spacial score (nSPS) is 11.1. The third-order valence-electron chi connectivity index (χ3n) is 2.69. The number of halogens is 2. The van der Waals surface area contributed by atoms with Crippen LogP contribution in [-0.4, -0.2) is 20.2 Å². The van der Waals surface area contributed by atoms with Gasteiger partial charge in [0, 0.05) is 5.02 Å². The van der Waals surface area contributed by atoms with E-state index in [2.05, 4.69) is 5.32 Å². The largest absolute Gasteiger partial charge is 0.467 e. The quantitative estimate of drug-likeness (QED) is 0.522. The molecule has 0 atom stereocenters. The fourth-order valence-corrected chi connectivity index (χ4v) is 3.17. The van der Waals surface area contributed by atoms with E-state index in [4.69, 9.17) is 27.6 Å². The number of amides is 2. The van der Waals surface area contributed by atoms with Crippen LogP contribution in [0.15, 0.2) is 45.9 Å². The Bertz CT molecular complexity index is 852. The van der Waals surface area contributed by atoms with E-state index in [0.29, 0.717) is 5.76 Å². The van der Waals surface area contributed by atoms with Crippen molar-refractivity contribution in [1.29, 1.82) is 0 Å². The summed E-state index contributed by atoms with van der Waals surface area (Å²) in [5, 5.41) is 2.30. The number of hydrogen-bond donors (Lipinski definition) is 3. The maximum atomic E-state index is 12.1. The van der Waals surface area contributed by atoms with Crippen LogP contribution in [0.2, 0.25) is 10.0 Å². The molecule has 24 heavy (non-hydrogen) atoms. The molecule has 1 aromatic heterocycles. The lowest BCUT2D eigenvalue weighted by molar-refractivity contribution is -0.139. The molecule has 128 valence electrons. The first kappa shape index (κ1) is 18.3. The van der Waals surface area contributed by atoms with Gasteiger partial charge in [0.05, 0.1) is 17.8 Å². The Morgan fingerprint density at radius 3 is 2.54 bits per heavy atom. The highest BCUT2D eigenvalue weighted by atomic mass is 35.5. The monoisotopic (exact) mass is 391 g/mol. The molecule has 3 N–H and O–H groups in total. The van der Waals surface area contributed by atoms with Gasteiger partial charge in [0.2, 0.25) is 0 Å². The zero-order chi connectivity index (χ0) is 17.7. The molecule has 0 aliphatic rings. The second-order valence-corrected chi connectivity index (χ2v) is 6.89. The molecule has 0 aliphatic heterocycles. The maximum absolute atomic E-state index is 12.1. The van der Waals surface area contributed by atoms with E-state index in [9.17, 15) is 18.0 Å². The zero-order valence-corrected chi connectivity index (χ0v) is 14.2. The van der Waals surface area contributed by atoms with E-state index in [0.717, 1.165) is 6.07 Å². The molecule has 0 saturated heterocycles. The maximum Gasteiger partial charge on any atom is 0.324 e. The number of nitrogens with one attached hydrogen (secondary N) is 3. The van der Waals surface area contributed by atoms with Crippen molar-refractivity contribution >= 4 is 45.0 Å². The molecule has 0 saturated carbocycles. The molecule has 0 fully saturated rings.